The molecule has 0 saturated heterocycles. The molecule has 0 spiro atoms. The van der Waals surface area contributed by atoms with Crippen molar-refractivity contribution >= 4 is 43.2 Å². The van der Waals surface area contributed by atoms with E-state index in [1.165, 1.54) is 11.3 Å². The van der Waals surface area contributed by atoms with Crippen LogP contribution in [0.3, 0.4) is 0 Å². The third kappa shape index (κ3) is 2.57. The number of rotatable bonds is 3. The van der Waals surface area contributed by atoms with Crippen molar-refractivity contribution in [1.82, 2.24) is 4.98 Å². The second-order valence-corrected chi connectivity index (χ2v) is 6.62. The normalized spacial score (nSPS) is 10.9. The van der Waals surface area contributed by atoms with Crippen molar-refractivity contribution in [2.24, 2.45) is 0 Å². The van der Waals surface area contributed by atoms with Crippen molar-refractivity contribution in [2.75, 3.05) is 7.11 Å². The van der Waals surface area contributed by atoms with Gasteiger partial charge in [0, 0.05) is 17.2 Å². The first-order chi connectivity index (χ1) is 10.5. The fourth-order valence-corrected chi connectivity index (χ4v) is 3.70. The van der Waals surface area contributed by atoms with Gasteiger partial charge in [-0.25, -0.2) is 4.98 Å². The molecule has 5 nitrogen and oxygen atoms in total. The molecule has 0 bridgehead atoms. The summed E-state index contributed by atoms with van der Waals surface area (Å²) in [6, 6.07) is 9.05. The summed E-state index contributed by atoms with van der Waals surface area (Å²) >= 11 is 4.89. The zero-order valence-corrected chi connectivity index (χ0v) is 14.2. The maximum Gasteiger partial charge on any atom is 0.273 e. The maximum atomic E-state index is 11.0. The molecule has 3 rings (SSSR count). The minimum atomic E-state index is -0.363. The number of ether oxygens (including phenoxy) is 1. The Morgan fingerprint density at radius 1 is 1.32 bits per heavy atom. The second kappa shape index (κ2) is 5.66. The minimum absolute atomic E-state index is 0.124. The van der Waals surface area contributed by atoms with E-state index in [1.807, 2.05) is 18.2 Å². The van der Waals surface area contributed by atoms with Crippen molar-refractivity contribution in [1.29, 1.82) is 0 Å². The lowest BCUT2D eigenvalue weighted by Crippen LogP contribution is -1.90. The number of hydrogen-bond donors (Lipinski definition) is 0. The van der Waals surface area contributed by atoms with Gasteiger partial charge >= 0.3 is 0 Å². The van der Waals surface area contributed by atoms with Gasteiger partial charge in [-0.3, -0.25) is 10.1 Å². The van der Waals surface area contributed by atoms with E-state index in [9.17, 15) is 10.1 Å². The largest absolute Gasteiger partial charge is 0.496 e. The van der Waals surface area contributed by atoms with Gasteiger partial charge in [0.05, 0.1) is 26.7 Å². The Morgan fingerprint density at radius 2 is 2.09 bits per heavy atom. The van der Waals surface area contributed by atoms with Gasteiger partial charge in [-0.05, 0) is 47.1 Å². The summed E-state index contributed by atoms with van der Waals surface area (Å²) in [5, 5.41) is 11.8. The standard InChI is InChI=1S/C15H11BrN2O3S/c1-8-5-11-14(7-12(8)18(19)20)22-15(17-11)9-3-4-13(21-2)10(16)6-9/h3-7H,1-2H3. The van der Waals surface area contributed by atoms with E-state index < -0.39 is 0 Å². The zero-order valence-electron chi connectivity index (χ0n) is 11.8. The van der Waals surface area contributed by atoms with Crippen molar-refractivity contribution in [3.63, 3.8) is 0 Å². The van der Waals surface area contributed by atoms with Crippen LogP contribution >= 0.6 is 27.3 Å². The third-order valence-electron chi connectivity index (χ3n) is 3.30. The number of hydrogen-bond acceptors (Lipinski definition) is 5. The second-order valence-electron chi connectivity index (χ2n) is 4.73. The molecule has 0 saturated carbocycles. The molecule has 0 aliphatic carbocycles. The average Bonchev–Trinajstić information content (AvgIpc) is 2.88. The van der Waals surface area contributed by atoms with Gasteiger partial charge in [0.15, 0.2) is 0 Å². The van der Waals surface area contributed by atoms with Crippen molar-refractivity contribution in [2.45, 2.75) is 6.92 Å². The fraction of sp³-hybridized carbons (Fsp3) is 0.133. The van der Waals surface area contributed by atoms with E-state index in [4.69, 9.17) is 4.74 Å². The molecule has 1 heterocycles. The molecule has 0 aliphatic heterocycles. The van der Waals surface area contributed by atoms with Crippen LogP contribution in [0, 0.1) is 17.0 Å². The average molecular weight is 379 g/mol. The van der Waals surface area contributed by atoms with Crippen LogP contribution in [0.4, 0.5) is 5.69 Å². The van der Waals surface area contributed by atoms with Crippen LogP contribution < -0.4 is 4.74 Å². The highest BCUT2D eigenvalue weighted by molar-refractivity contribution is 9.10. The lowest BCUT2D eigenvalue weighted by atomic mass is 10.2. The quantitative estimate of drug-likeness (QED) is 0.477. The molecule has 0 aliphatic rings. The monoisotopic (exact) mass is 378 g/mol. The molecule has 112 valence electrons. The molecule has 2 aromatic carbocycles. The Labute approximate surface area is 138 Å². The molecule has 0 atom stereocenters. The molecule has 0 fully saturated rings. The molecule has 0 radical (unpaired) electrons. The number of nitro groups is 1. The summed E-state index contributed by atoms with van der Waals surface area (Å²) in [6.07, 6.45) is 0. The predicted molar refractivity (Wildman–Crippen MR) is 90.7 cm³/mol. The smallest absolute Gasteiger partial charge is 0.273 e. The first-order valence-electron chi connectivity index (χ1n) is 6.39. The van der Waals surface area contributed by atoms with Crippen LogP contribution in [-0.2, 0) is 0 Å². The van der Waals surface area contributed by atoms with E-state index in [-0.39, 0.29) is 10.6 Å². The summed E-state index contributed by atoms with van der Waals surface area (Å²) in [7, 11) is 1.61. The summed E-state index contributed by atoms with van der Waals surface area (Å²) in [4.78, 5) is 15.2. The Balaban J connectivity index is 2.12. The molecule has 0 N–H and O–H groups in total. The highest BCUT2D eigenvalue weighted by atomic mass is 79.9. The Bertz CT molecular complexity index is 892. The van der Waals surface area contributed by atoms with Crippen LogP contribution in [-0.4, -0.2) is 17.0 Å². The van der Waals surface area contributed by atoms with Gasteiger partial charge in [0.1, 0.15) is 10.8 Å². The van der Waals surface area contributed by atoms with Crippen molar-refractivity contribution in [3.05, 3.63) is 50.5 Å². The van der Waals surface area contributed by atoms with Gasteiger partial charge in [-0.1, -0.05) is 0 Å². The van der Waals surface area contributed by atoms with Crippen LogP contribution in [0.25, 0.3) is 20.8 Å². The Kier molecular flexibility index (Phi) is 3.84. The summed E-state index contributed by atoms with van der Waals surface area (Å²) in [5.74, 6) is 0.747. The number of halogens is 1. The van der Waals surface area contributed by atoms with Crippen LogP contribution in [0.15, 0.2) is 34.8 Å². The first-order valence-corrected chi connectivity index (χ1v) is 8.00. The highest BCUT2D eigenvalue weighted by Crippen LogP contribution is 2.36. The Hall–Kier alpha value is -1.99. The van der Waals surface area contributed by atoms with E-state index in [2.05, 4.69) is 20.9 Å². The molecule has 22 heavy (non-hydrogen) atoms. The van der Waals surface area contributed by atoms with Gasteiger partial charge in [-0.15, -0.1) is 11.3 Å². The van der Waals surface area contributed by atoms with Gasteiger partial charge < -0.3 is 4.74 Å². The third-order valence-corrected chi connectivity index (χ3v) is 4.99. The number of nitro benzene ring substituents is 1. The predicted octanol–water partition coefficient (Wildman–Crippen LogP) is 4.95. The van der Waals surface area contributed by atoms with Gasteiger partial charge in [-0.2, -0.15) is 0 Å². The molecular weight excluding hydrogens is 368 g/mol. The van der Waals surface area contributed by atoms with E-state index in [0.29, 0.717) is 5.56 Å². The highest BCUT2D eigenvalue weighted by Gasteiger charge is 2.15. The molecule has 0 amide bonds. The lowest BCUT2D eigenvalue weighted by Gasteiger charge is -2.03. The zero-order chi connectivity index (χ0) is 15.9. The number of fused-ring (bicyclic) bond motifs is 1. The number of benzene rings is 2. The van der Waals surface area contributed by atoms with Crippen molar-refractivity contribution in [3.8, 4) is 16.3 Å². The summed E-state index contributed by atoms with van der Waals surface area (Å²) < 4.78 is 6.86. The Morgan fingerprint density at radius 3 is 2.73 bits per heavy atom. The number of methoxy groups -OCH3 is 1. The summed E-state index contributed by atoms with van der Waals surface area (Å²) in [5.41, 5.74) is 2.45. The topological polar surface area (TPSA) is 65.3 Å². The van der Waals surface area contributed by atoms with Gasteiger partial charge in [0.2, 0.25) is 0 Å². The van der Waals surface area contributed by atoms with E-state index >= 15 is 0 Å². The molecule has 7 heteroatoms. The van der Waals surface area contributed by atoms with Crippen LogP contribution in [0.1, 0.15) is 5.56 Å². The molecule has 0 unspecified atom stereocenters. The number of nitrogens with zero attached hydrogens (tertiary/aromatic N) is 2. The van der Waals surface area contributed by atoms with E-state index in [0.717, 1.165) is 31.0 Å². The van der Waals surface area contributed by atoms with E-state index in [1.54, 1.807) is 26.2 Å². The lowest BCUT2D eigenvalue weighted by molar-refractivity contribution is -0.385. The number of aryl methyl sites for hydroxylation is 1. The molecule has 3 aromatic rings. The molecular formula is C15H11BrN2O3S. The number of aromatic nitrogens is 1. The van der Waals surface area contributed by atoms with Crippen LogP contribution in [0.2, 0.25) is 0 Å². The van der Waals surface area contributed by atoms with Crippen LogP contribution in [0.5, 0.6) is 5.75 Å². The SMILES string of the molecule is COc1ccc(-c2nc3cc(C)c([N+](=O)[O-])cc3s2)cc1Br. The summed E-state index contributed by atoms with van der Waals surface area (Å²) in [6.45, 7) is 1.72. The molecule has 1 aromatic heterocycles. The van der Waals surface area contributed by atoms with Gasteiger partial charge in [0.25, 0.3) is 5.69 Å². The number of thiazole rings is 1. The minimum Gasteiger partial charge on any atom is -0.496 e. The van der Waals surface area contributed by atoms with Crippen molar-refractivity contribution < 1.29 is 9.66 Å². The fourth-order valence-electron chi connectivity index (χ4n) is 2.19. The maximum absolute atomic E-state index is 11.0. The first kappa shape index (κ1) is 14.9.